The van der Waals surface area contributed by atoms with Crippen molar-refractivity contribution < 1.29 is 27.2 Å². The summed E-state index contributed by atoms with van der Waals surface area (Å²) in [6.45, 7) is 2.04. The Labute approximate surface area is 196 Å². The molecule has 0 fully saturated rings. The van der Waals surface area contributed by atoms with Gasteiger partial charge < -0.3 is 14.5 Å². The van der Waals surface area contributed by atoms with Gasteiger partial charge in [-0.3, -0.25) is 4.79 Å². The number of hydrazone groups is 1. The summed E-state index contributed by atoms with van der Waals surface area (Å²) in [6.07, 6.45) is 1.99. The largest absolute Gasteiger partial charge is 0.459 e. The van der Waals surface area contributed by atoms with E-state index in [9.17, 15) is 18.0 Å². The van der Waals surface area contributed by atoms with Crippen LogP contribution in [0.4, 0.5) is 10.5 Å². The highest BCUT2D eigenvalue weighted by atomic mass is 32.2. The van der Waals surface area contributed by atoms with E-state index in [1.54, 1.807) is 48.5 Å². The molecule has 0 bridgehead atoms. The van der Waals surface area contributed by atoms with E-state index in [2.05, 4.69) is 10.4 Å². The molecule has 2 aromatic carbocycles. The number of carbonyl (C=O) groups excluding carboxylic acids is 2. The first-order chi connectivity index (χ1) is 16.2. The van der Waals surface area contributed by atoms with Crippen LogP contribution in [0.3, 0.4) is 0 Å². The second kappa shape index (κ2) is 9.52. The minimum atomic E-state index is -3.32. The van der Waals surface area contributed by atoms with Crippen molar-refractivity contribution >= 4 is 33.2 Å². The van der Waals surface area contributed by atoms with Crippen LogP contribution in [-0.2, 0) is 21.1 Å². The van der Waals surface area contributed by atoms with Crippen LogP contribution in [0.25, 0.3) is 0 Å². The molecule has 1 aliphatic heterocycles. The number of nitrogens with zero attached hydrogens (tertiary/aromatic N) is 2. The summed E-state index contributed by atoms with van der Waals surface area (Å²) in [6, 6.07) is 16.5. The van der Waals surface area contributed by atoms with E-state index in [1.807, 2.05) is 6.92 Å². The van der Waals surface area contributed by atoms with Gasteiger partial charge >= 0.3 is 6.09 Å². The number of rotatable bonds is 7. The van der Waals surface area contributed by atoms with Crippen LogP contribution in [0, 0.1) is 0 Å². The van der Waals surface area contributed by atoms with Crippen molar-refractivity contribution in [1.29, 1.82) is 0 Å². The van der Waals surface area contributed by atoms with Gasteiger partial charge in [0.1, 0.15) is 11.8 Å². The molecule has 0 aliphatic carbocycles. The third kappa shape index (κ3) is 5.18. The Morgan fingerprint density at radius 1 is 1.09 bits per heavy atom. The first-order valence-corrected chi connectivity index (χ1v) is 12.4. The van der Waals surface area contributed by atoms with Gasteiger partial charge in [-0.05, 0) is 48.4 Å². The molecule has 0 saturated heterocycles. The quantitative estimate of drug-likeness (QED) is 0.543. The lowest BCUT2D eigenvalue weighted by Crippen LogP contribution is -2.41. The molecule has 34 heavy (non-hydrogen) atoms. The molecule has 1 N–H and O–H groups in total. The zero-order chi connectivity index (χ0) is 24.3. The van der Waals surface area contributed by atoms with Crippen molar-refractivity contribution in [1.82, 2.24) is 5.01 Å². The van der Waals surface area contributed by atoms with E-state index >= 15 is 0 Å². The molecular formula is C24H23N3O6S. The predicted molar refractivity (Wildman–Crippen MR) is 125 cm³/mol. The number of carbonyl (C=O) groups is 2. The number of ether oxygens (including phenoxy) is 1. The lowest BCUT2D eigenvalue weighted by molar-refractivity contribution is 0.0712. The maximum absolute atomic E-state index is 12.5. The van der Waals surface area contributed by atoms with Crippen molar-refractivity contribution in [2.45, 2.75) is 30.9 Å². The molecular weight excluding hydrogens is 458 g/mol. The van der Waals surface area contributed by atoms with E-state index in [0.29, 0.717) is 23.4 Å². The van der Waals surface area contributed by atoms with Crippen LogP contribution >= 0.6 is 0 Å². The third-order valence-electron chi connectivity index (χ3n) is 5.23. The zero-order valence-corrected chi connectivity index (χ0v) is 19.4. The molecule has 2 amide bonds. The molecule has 1 unspecified atom stereocenters. The summed E-state index contributed by atoms with van der Waals surface area (Å²) in [5.74, 6) is -0.156. The number of benzene rings is 2. The van der Waals surface area contributed by atoms with Crippen LogP contribution in [0.5, 0.6) is 0 Å². The summed E-state index contributed by atoms with van der Waals surface area (Å²) in [5, 5.41) is 8.48. The van der Waals surface area contributed by atoms with E-state index in [-0.39, 0.29) is 23.1 Å². The fourth-order valence-electron chi connectivity index (χ4n) is 3.43. The number of sulfone groups is 1. The smallest absolute Gasteiger partial charge is 0.431 e. The Bertz CT molecular complexity index is 1310. The van der Waals surface area contributed by atoms with Gasteiger partial charge in [-0.25, -0.2) is 13.2 Å². The topological polar surface area (TPSA) is 118 Å². The standard InChI is InChI=1S/C24H23N3O6S/c1-3-20-22(17-8-12-19(13-9-17)34(2,30)31)26-27(24(29)33-20)15-16-6-10-18(11-7-16)25-23(28)21-5-4-14-32-21/h4-14,20H,3,15H2,1-2H3,(H,25,28). The van der Waals surface area contributed by atoms with Gasteiger partial charge in [0.15, 0.2) is 15.6 Å². The van der Waals surface area contributed by atoms with E-state index < -0.39 is 22.0 Å². The van der Waals surface area contributed by atoms with Crippen LogP contribution in [-0.4, -0.2) is 43.5 Å². The van der Waals surface area contributed by atoms with Gasteiger partial charge in [0.05, 0.1) is 17.7 Å². The number of hydrogen-bond acceptors (Lipinski definition) is 7. The second-order valence-corrected chi connectivity index (χ2v) is 9.76. The molecule has 4 rings (SSSR count). The molecule has 0 radical (unpaired) electrons. The highest BCUT2D eigenvalue weighted by Crippen LogP contribution is 2.22. The van der Waals surface area contributed by atoms with Crippen LogP contribution in [0.15, 0.2) is 81.3 Å². The Morgan fingerprint density at radius 3 is 2.38 bits per heavy atom. The molecule has 10 heteroatoms. The highest BCUT2D eigenvalue weighted by molar-refractivity contribution is 7.90. The Hall–Kier alpha value is -3.92. The summed E-state index contributed by atoms with van der Waals surface area (Å²) in [5.41, 5.74) is 2.57. The van der Waals surface area contributed by atoms with Crippen molar-refractivity contribution in [3.63, 3.8) is 0 Å². The number of furan rings is 1. The number of hydrogen-bond donors (Lipinski definition) is 1. The molecule has 3 aromatic rings. The second-order valence-electron chi connectivity index (χ2n) is 7.75. The van der Waals surface area contributed by atoms with Crippen LogP contribution in [0.1, 0.15) is 35.0 Å². The highest BCUT2D eigenvalue weighted by Gasteiger charge is 2.30. The van der Waals surface area contributed by atoms with Gasteiger partial charge in [0.25, 0.3) is 5.91 Å². The summed E-state index contributed by atoms with van der Waals surface area (Å²) in [4.78, 5) is 24.8. The van der Waals surface area contributed by atoms with Crippen molar-refractivity contribution in [3.05, 3.63) is 83.8 Å². The number of anilines is 1. The Morgan fingerprint density at radius 2 is 1.79 bits per heavy atom. The van der Waals surface area contributed by atoms with Crippen molar-refractivity contribution in [2.24, 2.45) is 5.10 Å². The molecule has 9 nitrogen and oxygen atoms in total. The Kier molecular flexibility index (Phi) is 6.51. The Balaban J connectivity index is 1.51. The predicted octanol–water partition coefficient (Wildman–Crippen LogP) is 4.07. The summed E-state index contributed by atoms with van der Waals surface area (Å²) >= 11 is 0. The number of cyclic esters (lactones) is 1. The molecule has 1 aromatic heterocycles. The van der Waals surface area contributed by atoms with E-state index in [0.717, 1.165) is 11.8 Å². The van der Waals surface area contributed by atoms with Gasteiger partial charge in [-0.2, -0.15) is 10.1 Å². The fraction of sp³-hybridized carbons (Fsp3) is 0.208. The molecule has 1 atom stereocenters. The first-order valence-electron chi connectivity index (χ1n) is 10.6. The van der Waals surface area contributed by atoms with Crippen LogP contribution in [0.2, 0.25) is 0 Å². The molecule has 0 saturated carbocycles. The van der Waals surface area contributed by atoms with Gasteiger partial charge in [0.2, 0.25) is 0 Å². The van der Waals surface area contributed by atoms with Crippen LogP contribution < -0.4 is 5.32 Å². The molecule has 1 aliphatic rings. The SMILES string of the molecule is CCC1OC(=O)N(Cc2ccc(NC(=O)c3ccco3)cc2)N=C1c1ccc(S(C)(=O)=O)cc1. The van der Waals surface area contributed by atoms with E-state index in [1.165, 1.54) is 23.4 Å². The monoisotopic (exact) mass is 481 g/mol. The van der Waals surface area contributed by atoms with Crippen molar-refractivity contribution in [3.8, 4) is 0 Å². The van der Waals surface area contributed by atoms with Crippen molar-refractivity contribution in [2.75, 3.05) is 11.6 Å². The maximum Gasteiger partial charge on any atom is 0.431 e. The number of amides is 2. The molecule has 176 valence electrons. The average molecular weight is 482 g/mol. The molecule has 2 heterocycles. The zero-order valence-electron chi connectivity index (χ0n) is 18.6. The minimum Gasteiger partial charge on any atom is -0.459 e. The first kappa shape index (κ1) is 23.2. The van der Waals surface area contributed by atoms with Gasteiger partial charge in [-0.1, -0.05) is 31.2 Å². The van der Waals surface area contributed by atoms with Gasteiger partial charge in [0, 0.05) is 17.5 Å². The summed E-state index contributed by atoms with van der Waals surface area (Å²) in [7, 11) is -3.32. The summed E-state index contributed by atoms with van der Waals surface area (Å²) < 4.78 is 34.1. The lowest BCUT2D eigenvalue weighted by Gasteiger charge is -2.29. The minimum absolute atomic E-state index is 0.159. The average Bonchev–Trinajstić information content (AvgIpc) is 3.36. The molecule has 0 spiro atoms. The van der Waals surface area contributed by atoms with E-state index in [4.69, 9.17) is 9.15 Å². The third-order valence-corrected chi connectivity index (χ3v) is 6.35. The van der Waals surface area contributed by atoms with Gasteiger partial charge in [-0.15, -0.1) is 0 Å². The normalized spacial score (nSPS) is 16.1. The lowest BCUT2D eigenvalue weighted by atomic mass is 10.0. The fourth-order valence-corrected chi connectivity index (χ4v) is 4.06. The number of nitrogens with one attached hydrogen (secondary N) is 1. The maximum atomic E-state index is 12.5.